The maximum absolute atomic E-state index is 12.3. The van der Waals surface area contributed by atoms with Gasteiger partial charge in [0, 0.05) is 15.6 Å². The van der Waals surface area contributed by atoms with E-state index in [1.807, 2.05) is 18.2 Å². The summed E-state index contributed by atoms with van der Waals surface area (Å²) in [6, 6.07) is 5.70. The topological polar surface area (TPSA) is 26.3 Å². The van der Waals surface area contributed by atoms with Crippen molar-refractivity contribution in [3.8, 4) is 5.75 Å². The second-order valence-corrected chi connectivity index (χ2v) is 8.42. The number of methoxy groups -OCH3 is 1. The molecule has 0 atom stereocenters. The van der Waals surface area contributed by atoms with Crippen molar-refractivity contribution in [3.05, 3.63) is 27.3 Å². The van der Waals surface area contributed by atoms with Crippen LogP contribution in [0.4, 0.5) is 0 Å². The van der Waals surface area contributed by atoms with Crippen molar-refractivity contribution in [1.82, 2.24) is 0 Å². The monoisotopic (exact) mass is 472 g/mol. The molecule has 2 nitrogen and oxygen atoms in total. The molecule has 26 heavy (non-hydrogen) atoms. The Hall–Kier alpha value is -0.580. The van der Waals surface area contributed by atoms with Gasteiger partial charge in [-0.05, 0) is 47.2 Å². The molecule has 3 heteroatoms. The van der Waals surface area contributed by atoms with Gasteiger partial charge in [0.25, 0.3) is 0 Å². The third kappa shape index (κ3) is 10.5. The highest BCUT2D eigenvalue weighted by Crippen LogP contribution is 2.21. The van der Waals surface area contributed by atoms with Crippen molar-refractivity contribution in [3.63, 3.8) is 0 Å². The molecule has 0 aromatic heterocycles. The molecule has 0 saturated heterocycles. The zero-order valence-electron chi connectivity index (χ0n) is 16.8. The number of hydrogen-bond donors (Lipinski definition) is 0. The van der Waals surface area contributed by atoms with Gasteiger partial charge in [-0.2, -0.15) is 0 Å². The van der Waals surface area contributed by atoms with E-state index in [1.165, 1.54) is 77.0 Å². The summed E-state index contributed by atoms with van der Waals surface area (Å²) >= 11 is 2.22. The molecule has 0 aliphatic rings. The highest BCUT2D eigenvalue weighted by Gasteiger charge is 2.10. The highest BCUT2D eigenvalue weighted by atomic mass is 127. The summed E-state index contributed by atoms with van der Waals surface area (Å²) in [6.07, 6.45) is 18.0. The van der Waals surface area contributed by atoms with Crippen LogP contribution in [0.5, 0.6) is 5.75 Å². The zero-order chi connectivity index (χ0) is 19.0. The second kappa shape index (κ2) is 15.5. The van der Waals surface area contributed by atoms with E-state index in [0.717, 1.165) is 21.3 Å². The first-order valence-electron chi connectivity index (χ1n) is 10.6. The summed E-state index contributed by atoms with van der Waals surface area (Å²) in [4.78, 5) is 12.3. The van der Waals surface area contributed by atoms with E-state index in [1.54, 1.807) is 7.11 Å². The summed E-state index contributed by atoms with van der Waals surface area (Å²) in [5.41, 5.74) is 0.838. The SMILES string of the molecule is CCCCCCCCCCCCCCCC(=O)c1ccc(OC)cc1I. The van der Waals surface area contributed by atoms with Crippen LogP contribution in [-0.4, -0.2) is 12.9 Å². The Kier molecular flexibility index (Phi) is 14.0. The van der Waals surface area contributed by atoms with Gasteiger partial charge in [0.1, 0.15) is 5.75 Å². The number of hydrogen-bond acceptors (Lipinski definition) is 2. The van der Waals surface area contributed by atoms with Crippen LogP contribution in [0.25, 0.3) is 0 Å². The minimum absolute atomic E-state index is 0.264. The van der Waals surface area contributed by atoms with Gasteiger partial charge in [-0.25, -0.2) is 0 Å². The Bertz CT molecular complexity index is 499. The maximum atomic E-state index is 12.3. The second-order valence-electron chi connectivity index (χ2n) is 7.26. The molecule has 0 radical (unpaired) electrons. The molecule has 0 spiro atoms. The first-order chi connectivity index (χ1) is 12.7. The molecule has 0 unspecified atom stereocenters. The van der Waals surface area contributed by atoms with Gasteiger partial charge < -0.3 is 4.74 Å². The van der Waals surface area contributed by atoms with Crippen LogP contribution in [0.3, 0.4) is 0 Å². The first-order valence-corrected chi connectivity index (χ1v) is 11.6. The summed E-state index contributed by atoms with van der Waals surface area (Å²) in [5, 5.41) is 0. The fourth-order valence-corrected chi connectivity index (χ4v) is 4.07. The molecule has 1 rings (SSSR count). The molecule has 0 fully saturated rings. The fourth-order valence-electron chi connectivity index (χ4n) is 3.29. The zero-order valence-corrected chi connectivity index (χ0v) is 19.0. The molecule has 0 amide bonds. The lowest BCUT2D eigenvalue weighted by Crippen LogP contribution is -2.02. The van der Waals surface area contributed by atoms with Crippen molar-refractivity contribution in [2.24, 2.45) is 0 Å². The molecule has 0 heterocycles. The average Bonchev–Trinajstić information content (AvgIpc) is 2.65. The van der Waals surface area contributed by atoms with Gasteiger partial charge in [0.15, 0.2) is 5.78 Å². The average molecular weight is 472 g/mol. The smallest absolute Gasteiger partial charge is 0.163 e. The van der Waals surface area contributed by atoms with Gasteiger partial charge in [0.05, 0.1) is 7.11 Å². The molecule has 0 bridgehead atoms. The van der Waals surface area contributed by atoms with E-state index in [2.05, 4.69) is 29.5 Å². The predicted octanol–water partition coefficient (Wildman–Crippen LogP) is 7.96. The predicted molar refractivity (Wildman–Crippen MR) is 120 cm³/mol. The fraction of sp³-hybridized carbons (Fsp3) is 0.696. The lowest BCUT2D eigenvalue weighted by Gasteiger charge is -2.06. The largest absolute Gasteiger partial charge is 0.497 e. The number of ether oxygens (including phenoxy) is 1. The van der Waals surface area contributed by atoms with Gasteiger partial charge in [-0.1, -0.05) is 84.0 Å². The van der Waals surface area contributed by atoms with E-state index in [4.69, 9.17) is 4.74 Å². The standard InChI is InChI=1S/C23H37IO2/c1-3-4-5-6-7-8-9-10-11-12-13-14-15-16-23(25)21-18-17-20(26-2)19-22(21)24/h17-19H,3-16H2,1-2H3. The van der Waals surface area contributed by atoms with Gasteiger partial charge >= 0.3 is 0 Å². The van der Waals surface area contributed by atoms with Crippen LogP contribution < -0.4 is 4.74 Å². The van der Waals surface area contributed by atoms with E-state index in [9.17, 15) is 4.79 Å². The van der Waals surface area contributed by atoms with E-state index in [0.29, 0.717) is 6.42 Å². The third-order valence-corrected chi connectivity index (χ3v) is 5.88. The Morgan fingerprint density at radius 3 is 1.81 bits per heavy atom. The van der Waals surface area contributed by atoms with Crippen molar-refractivity contribution < 1.29 is 9.53 Å². The summed E-state index contributed by atoms with van der Waals surface area (Å²) in [7, 11) is 1.65. The normalized spacial score (nSPS) is 10.9. The molecule has 1 aromatic rings. The van der Waals surface area contributed by atoms with Crippen LogP contribution in [0, 0.1) is 3.57 Å². The minimum Gasteiger partial charge on any atom is -0.497 e. The number of benzene rings is 1. The molecule has 0 N–H and O–H groups in total. The molecule has 148 valence electrons. The Morgan fingerprint density at radius 1 is 0.846 bits per heavy atom. The molecule has 0 saturated carbocycles. The van der Waals surface area contributed by atoms with Crippen LogP contribution in [0.15, 0.2) is 18.2 Å². The Labute approximate surface area is 174 Å². The van der Waals surface area contributed by atoms with Crippen molar-refractivity contribution in [1.29, 1.82) is 0 Å². The summed E-state index contributed by atoms with van der Waals surface area (Å²) < 4.78 is 6.18. The van der Waals surface area contributed by atoms with Gasteiger partial charge in [-0.15, -0.1) is 0 Å². The number of Topliss-reactive ketones (excluding diaryl/α,β-unsaturated/α-hetero) is 1. The number of halogens is 1. The van der Waals surface area contributed by atoms with E-state index < -0.39 is 0 Å². The van der Waals surface area contributed by atoms with Crippen LogP contribution >= 0.6 is 22.6 Å². The number of ketones is 1. The number of carbonyl (C=O) groups is 1. The molecule has 0 aliphatic heterocycles. The maximum Gasteiger partial charge on any atom is 0.163 e. The first kappa shape index (κ1) is 23.5. The lowest BCUT2D eigenvalue weighted by molar-refractivity contribution is 0.0978. The van der Waals surface area contributed by atoms with Crippen molar-refractivity contribution in [2.45, 2.75) is 96.8 Å². The molecular weight excluding hydrogens is 435 g/mol. The van der Waals surface area contributed by atoms with E-state index >= 15 is 0 Å². The van der Waals surface area contributed by atoms with Crippen molar-refractivity contribution in [2.75, 3.05) is 7.11 Å². The quantitative estimate of drug-likeness (QED) is 0.139. The molecular formula is C23H37IO2. The Balaban J connectivity index is 1.98. The van der Waals surface area contributed by atoms with E-state index in [-0.39, 0.29) is 5.78 Å². The van der Waals surface area contributed by atoms with Gasteiger partial charge in [0.2, 0.25) is 0 Å². The lowest BCUT2D eigenvalue weighted by atomic mass is 10.0. The third-order valence-electron chi connectivity index (χ3n) is 4.98. The molecule has 0 aliphatic carbocycles. The molecule has 1 aromatic carbocycles. The van der Waals surface area contributed by atoms with Crippen molar-refractivity contribution >= 4 is 28.4 Å². The van der Waals surface area contributed by atoms with Crippen LogP contribution in [0.2, 0.25) is 0 Å². The van der Waals surface area contributed by atoms with Crippen LogP contribution in [-0.2, 0) is 0 Å². The minimum atomic E-state index is 0.264. The number of carbonyl (C=O) groups excluding carboxylic acids is 1. The highest BCUT2D eigenvalue weighted by molar-refractivity contribution is 14.1. The number of unbranched alkanes of at least 4 members (excludes halogenated alkanes) is 12. The summed E-state index contributed by atoms with van der Waals surface area (Å²) in [6.45, 7) is 2.27. The summed E-state index contributed by atoms with van der Waals surface area (Å²) in [5.74, 6) is 1.08. The Morgan fingerprint density at radius 2 is 1.35 bits per heavy atom. The van der Waals surface area contributed by atoms with Crippen LogP contribution in [0.1, 0.15) is 107 Å². The van der Waals surface area contributed by atoms with Gasteiger partial charge in [-0.3, -0.25) is 4.79 Å². The number of rotatable bonds is 16.